The molecule has 0 saturated carbocycles. The van der Waals surface area contributed by atoms with Crippen molar-refractivity contribution in [1.82, 2.24) is 0 Å². The van der Waals surface area contributed by atoms with Gasteiger partial charge in [-0.1, -0.05) is 11.8 Å². The van der Waals surface area contributed by atoms with Gasteiger partial charge in [0.2, 0.25) is 0 Å². The highest BCUT2D eigenvalue weighted by Gasteiger charge is 2.19. The smallest absolute Gasteiger partial charge is 0.175 e. The molecule has 0 nitrogen and oxygen atoms in total. The van der Waals surface area contributed by atoms with E-state index in [-0.39, 0.29) is 6.07 Å². The van der Waals surface area contributed by atoms with Crippen LogP contribution in [0.5, 0.6) is 0 Å². The summed E-state index contributed by atoms with van der Waals surface area (Å²) in [6.07, 6.45) is 0. The highest BCUT2D eigenvalue weighted by atomic mass is 32.2. The van der Waals surface area contributed by atoms with Crippen molar-refractivity contribution in [3.8, 4) is 0 Å². The van der Waals surface area contributed by atoms with Crippen molar-refractivity contribution < 1.29 is 17.6 Å². The van der Waals surface area contributed by atoms with E-state index in [0.29, 0.717) is 21.6 Å². The first-order valence-electron chi connectivity index (χ1n) is 4.79. The molecule has 0 N–H and O–H groups in total. The number of rotatable bonds is 2. The highest BCUT2D eigenvalue weighted by Crippen LogP contribution is 2.34. The van der Waals surface area contributed by atoms with Gasteiger partial charge in [0.1, 0.15) is 0 Å². The van der Waals surface area contributed by atoms with Gasteiger partial charge in [-0.2, -0.15) is 0 Å². The first kappa shape index (κ1) is 13.3. The average Bonchev–Trinajstić information content (AvgIpc) is 2.34. The van der Waals surface area contributed by atoms with Gasteiger partial charge in [0, 0.05) is 15.9 Å². The van der Waals surface area contributed by atoms with E-state index < -0.39 is 28.2 Å². The maximum atomic E-state index is 13.4. The molecule has 2 aromatic carbocycles. The number of benzene rings is 2. The Bertz CT molecular complexity index is 555. The van der Waals surface area contributed by atoms with E-state index in [1.54, 1.807) is 24.3 Å². The second-order valence-electron chi connectivity index (χ2n) is 3.39. The van der Waals surface area contributed by atoms with Crippen LogP contribution in [-0.4, -0.2) is 0 Å². The molecule has 0 amide bonds. The summed E-state index contributed by atoms with van der Waals surface area (Å²) >= 11 is 4.67. The lowest BCUT2D eigenvalue weighted by molar-refractivity contribution is 0.426. The van der Waals surface area contributed by atoms with Gasteiger partial charge in [-0.3, -0.25) is 0 Å². The minimum Gasteiger partial charge on any atom is -0.204 e. The maximum Gasteiger partial charge on any atom is 0.175 e. The van der Waals surface area contributed by atoms with E-state index in [4.69, 9.17) is 0 Å². The summed E-state index contributed by atoms with van der Waals surface area (Å²) in [7, 11) is 0. The van der Waals surface area contributed by atoms with Gasteiger partial charge in [0.15, 0.2) is 23.3 Å². The molecule has 0 aliphatic carbocycles. The van der Waals surface area contributed by atoms with E-state index in [1.165, 1.54) is 0 Å². The molecular formula is C12H6F4S2. The third kappa shape index (κ3) is 2.64. The number of thiol groups is 1. The number of hydrogen-bond acceptors (Lipinski definition) is 2. The lowest BCUT2D eigenvalue weighted by atomic mass is 10.3. The van der Waals surface area contributed by atoms with Crippen LogP contribution in [0.25, 0.3) is 0 Å². The van der Waals surface area contributed by atoms with E-state index in [1.807, 2.05) is 0 Å². The SMILES string of the molecule is Fc1cc(F)c(F)c(Sc2ccc(S)cc2)c1F. The Hall–Kier alpha value is -1.14. The first-order chi connectivity index (χ1) is 8.49. The Labute approximate surface area is 110 Å². The molecule has 0 spiro atoms. The molecule has 0 atom stereocenters. The molecule has 2 aromatic rings. The Morgan fingerprint density at radius 2 is 1.33 bits per heavy atom. The molecule has 0 bridgehead atoms. The standard InChI is InChI=1S/C12H6F4S2/c13-8-5-9(14)11(16)12(10(8)15)18-7-3-1-6(17)2-4-7/h1-5,17H. The zero-order valence-electron chi connectivity index (χ0n) is 8.75. The van der Waals surface area contributed by atoms with Crippen LogP contribution in [0.15, 0.2) is 45.0 Å². The molecule has 0 aliphatic rings. The van der Waals surface area contributed by atoms with Crippen LogP contribution in [0.4, 0.5) is 17.6 Å². The van der Waals surface area contributed by atoms with Crippen molar-refractivity contribution in [2.75, 3.05) is 0 Å². The topological polar surface area (TPSA) is 0 Å². The molecule has 0 unspecified atom stereocenters. The predicted octanol–water partition coefficient (Wildman–Crippen LogP) is 4.68. The fourth-order valence-corrected chi connectivity index (χ4v) is 2.30. The highest BCUT2D eigenvalue weighted by molar-refractivity contribution is 7.99. The van der Waals surface area contributed by atoms with E-state index >= 15 is 0 Å². The molecule has 6 heteroatoms. The summed E-state index contributed by atoms with van der Waals surface area (Å²) in [5, 5.41) is 0. The molecule has 2 rings (SSSR count). The van der Waals surface area contributed by atoms with Crippen molar-refractivity contribution in [3.63, 3.8) is 0 Å². The second kappa shape index (κ2) is 5.24. The van der Waals surface area contributed by atoms with Gasteiger partial charge in [-0.15, -0.1) is 12.6 Å². The number of halogens is 4. The molecule has 18 heavy (non-hydrogen) atoms. The van der Waals surface area contributed by atoms with Crippen LogP contribution in [0.3, 0.4) is 0 Å². The van der Waals surface area contributed by atoms with Gasteiger partial charge in [-0.05, 0) is 24.3 Å². The van der Waals surface area contributed by atoms with Crippen molar-refractivity contribution in [2.24, 2.45) is 0 Å². The monoisotopic (exact) mass is 290 g/mol. The summed E-state index contributed by atoms with van der Waals surface area (Å²) in [6, 6.07) is 6.50. The molecule has 0 saturated heterocycles. The van der Waals surface area contributed by atoms with Gasteiger partial charge >= 0.3 is 0 Å². The minimum atomic E-state index is -1.41. The van der Waals surface area contributed by atoms with Crippen LogP contribution in [0.1, 0.15) is 0 Å². The number of hydrogen-bond donors (Lipinski definition) is 1. The lowest BCUT2D eigenvalue weighted by Gasteiger charge is -2.06. The fourth-order valence-electron chi connectivity index (χ4n) is 1.27. The Kier molecular flexibility index (Phi) is 3.87. The van der Waals surface area contributed by atoms with E-state index in [2.05, 4.69) is 12.6 Å². The zero-order valence-corrected chi connectivity index (χ0v) is 10.5. The van der Waals surface area contributed by atoms with Crippen molar-refractivity contribution in [3.05, 3.63) is 53.6 Å². The van der Waals surface area contributed by atoms with Crippen molar-refractivity contribution >= 4 is 24.4 Å². The molecular weight excluding hydrogens is 284 g/mol. The first-order valence-corrected chi connectivity index (χ1v) is 6.05. The van der Waals surface area contributed by atoms with Gasteiger partial charge < -0.3 is 0 Å². The molecule has 0 aromatic heterocycles. The van der Waals surface area contributed by atoms with E-state index in [0.717, 1.165) is 0 Å². The largest absolute Gasteiger partial charge is 0.204 e. The summed E-state index contributed by atoms with van der Waals surface area (Å²) < 4.78 is 52.7. The second-order valence-corrected chi connectivity index (χ2v) is 4.99. The van der Waals surface area contributed by atoms with Crippen LogP contribution in [0, 0.1) is 23.3 Å². The fraction of sp³-hybridized carbons (Fsp3) is 0. The third-order valence-corrected chi connectivity index (χ3v) is 3.50. The van der Waals surface area contributed by atoms with Gasteiger partial charge in [0.05, 0.1) is 4.90 Å². The Morgan fingerprint density at radius 3 is 1.83 bits per heavy atom. The Morgan fingerprint density at radius 1 is 0.833 bits per heavy atom. The molecule has 94 valence electrons. The third-order valence-electron chi connectivity index (χ3n) is 2.13. The van der Waals surface area contributed by atoms with Crippen LogP contribution < -0.4 is 0 Å². The van der Waals surface area contributed by atoms with E-state index in [9.17, 15) is 17.6 Å². The van der Waals surface area contributed by atoms with Gasteiger partial charge in [0.25, 0.3) is 0 Å². The summed E-state index contributed by atoms with van der Waals surface area (Å²) in [5.41, 5.74) is 0. The maximum absolute atomic E-state index is 13.4. The molecule has 0 fully saturated rings. The summed E-state index contributed by atoms with van der Waals surface area (Å²) in [4.78, 5) is 0.431. The van der Waals surface area contributed by atoms with Crippen molar-refractivity contribution in [2.45, 2.75) is 14.7 Å². The summed E-state index contributed by atoms with van der Waals surface area (Å²) in [6.45, 7) is 0. The normalized spacial score (nSPS) is 10.7. The lowest BCUT2D eigenvalue weighted by Crippen LogP contribution is -1.97. The van der Waals surface area contributed by atoms with Gasteiger partial charge in [-0.25, -0.2) is 17.6 Å². The van der Waals surface area contributed by atoms with Crippen molar-refractivity contribution in [1.29, 1.82) is 0 Å². The summed E-state index contributed by atoms with van der Waals surface area (Å²) in [5.74, 6) is -5.62. The minimum absolute atomic E-state index is 0.186. The zero-order chi connectivity index (χ0) is 13.3. The van der Waals surface area contributed by atoms with Crippen LogP contribution >= 0.6 is 24.4 Å². The molecule has 0 radical (unpaired) electrons. The molecule has 0 heterocycles. The average molecular weight is 290 g/mol. The van der Waals surface area contributed by atoms with Crippen LogP contribution in [0.2, 0.25) is 0 Å². The molecule has 0 aliphatic heterocycles. The predicted molar refractivity (Wildman–Crippen MR) is 64.1 cm³/mol. The quantitative estimate of drug-likeness (QED) is 0.476. The Balaban J connectivity index is 2.42. The van der Waals surface area contributed by atoms with Crippen LogP contribution in [-0.2, 0) is 0 Å².